The largest absolute Gasteiger partial charge is 0.388 e. The molecule has 2 fully saturated rings. The fourth-order valence-electron chi connectivity index (χ4n) is 2.29. The summed E-state index contributed by atoms with van der Waals surface area (Å²) >= 11 is 0. The lowest BCUT2D eigenvalue weighted by Gasteiger charge is -2.22. The molecule has 100 valence electrons. The summed E-state index contributed by atoms with van der Waals surface area (Å²) in [5.41, 5.74) is -0.826. The summed E-state index contributed by atoms with van der Waals surface area (Å²) in [4.78, 5) is 34.9. The maximum Gasteiger partial charge on any atom is 0.325 e. The number of carbonyl (C=O) groups is 3. The van der Waals surface area contributed by atoms with Gasteiger partial charge in [0.2, 0.25) is 5.91 Å². The van der Waals surface area contributed by atoms with Crippen LogP contribution in [-0.4, -0.2) is 53.1 Å². The second-order valence-corrected chi connectivity index (χ2v) is 4.85. The number of nitrogens with zero attached hydrogens (tertiary/aromatic N) is 1. The van der Waals surface area contributed by atoms with Crippen molar-refractivity contribution in [3.05, 3.63) is 0 Å². The van der Waals surface area contributed by atoms with Gasteiger partial charge in [-0.25, -0.2) is 4.79 Å². The van der Waals surface area contributed by atoms with E-state index in [-0.39, 0.29) is 19.6 Å². The van der Waals surface area contributed by atoms with Gasteiger partial charge < -0.3 is 15.7 Å². The first-order valence-corrected chi connectivity index (χ1v) is 6.07. The number of amides is 4. The molecule has 1 aliphatic heterocycles. The highest BCUT2D eigenvalue weighted by atomic mass is 16.3. The van der Waals surface area contributed by atoms with E-state index in [1.165, 1.54) is 0 Å². The quantitative estimate of drug-likeness (QED) is 0.559. The molecule has 3 N–H and O–H groups in total. The van der Waals surface area contributed by atoms with Crippen LogP contribution < -0.4 is 10.6 Å². The molecule has 7 nitrogen and oxygen atoms in total. The van der Waals surface area contributed by atoms with Crippen LogP contribution in [0.15, 0.2) is 0 Å². The molecule has 0 aromatic carbocycles. The lowest BCUT2D eigenvalue weighted by molar-refractivity contribution is -0.131. The maximum absolute atomic E-state index is 11.6. The highest BCUT2D eigenvalue weighted by Gasteiger charge is 2.33. The standard InChI is InChI=1S/C11H17N3O4/c15-8(6-14-9(16)5-12-10(14)17)13-7-11(18)3-1-2-4-11/h18H,1-7H2,(H,12,17)(H,13,15). The van der Waals surface area contributed by atoms with Crippen molar-refractivity contribution in [2.24, 2.45) is 0 Å². The fourth-order valence-corrected chi connectivity index (χ4v) is 2.29. The molecule has 0 unspecified atom stereocenters. The Kier molecular flexibility index (Phi) is 3.51. The van der Waals surface area contributed by atoms with Gasteiger partial charge in [-0.05, 0) is 12.8 Å². The number of aliphatic hydroxyl groups is 1. The van der Waals surface area contributed by atoms with E-state index in [1.54, 1.807) is 0 Å². The van der Waals surface area contributed by atoms with Gasteiger partial charge in [0.05, 0.1) is 12.1 Å². The number of rotatable bonds is 4. The number of hydrogen-bond donors (Lipinski definition) is 3. The molecule has 7 heteroatoms. The Bertz CT molecular complexity index is 360. The van der Waals surface area contributed by atoms with E-state index >= 15 is 0 Å². The Morgan fingerprint density at radius 2 is 2.06 bits per heavy atom. The van der Waals surface area contributed by atoms with E-state index in [4.69, 9.17) is 0 Å². The van der Waals surface area contributed by atoms with Gasteiger partial charge in [-0.15, -0.1) is 0 Å². The molecule has 2 rings (SSSR count). The molecule has 18 heavy (non-hydrogen) atoms. The van der Waals surface area contributed by atoms with Crippen LogP contribution in [0.2, 0.25) is 0 Å². The van der Waals surface area contributed by atoms with E-state index in [2.05, 4.69) is 10.6 Å². The summed E-state index contributed by atoms with van der Waals surface area (Å²) in [7, 11) is 0. The third kappa shape index (κ3) is 2.79. The molecule has 0 aromatic heterocycles. The van der Waals surface area contributed by atoms with Crippen molar-refractivity contribution >= 4 is 17.8 Å². The Labute approximate surface area is 105 Å². The molecule has 0 bridgehead atoms. The van der Waals surface area contributed by atoms with Gasteiger partial charge in [-0.2, -0.15) is 0 Å². The molecule has 4 amide bonds. The Morgan fingerprint density at radius 1 is 1.39 bits per heavy atom. The van der Waals surface area contributed by atoms with Crippen molar-refractivity contribution in [3.8, 4) is 0 Å². The van der Waals surface area contributed by atoms with Crippen LogP contribution in [-0.2, 0) is 9.59 Å². The van der Waals surface area contributed by atoms with Crippen LogP contribution in [0.3, 0.4) is 0 Å². The van der Waals surface area contributed by atoms with Crippen LogP contribution in [0.4, 0.5) is 4.79 Å². The van der Waals surface area contributed by atoms with Crippen molar-refractivity contribution in [2.75, 3.05) is 19.6 Å². The molecule has 1 heterocycles. The van der Waals surface area contributed by atoms with Crippen LogP contribution in [0.25, 0.3) is 0 Å². The fraction of sp³-hybridized carbons (Fsp3) is 0.727. The van der Waals surface area contributed by atoms with Crippen molar-refractivity contribution < 1.29 is 19.5 Å². The van der Waals surface area contributed by atoms with Gasteiger partial charge in [0.1, 0.15) is 6.54 Å². The first-order chi connectivity index (χ1) is 8.50. The average molecular weight is 255 g/mol. The summed E-state index contributed by atoms with van der Waals surface area (Å²) in [6.45, 7) is -0.174. The first kappa shape index (κ1) is 12.8. The van der Waals surface area contributed by atoms with Crippen LogP contribution in [0, 0.1) is 0 Å². The second kappa shape index (κ2) is 4.93. The minimum atomic E-state index is -0.826. The summed E-state index contributed by atoms with van der Waals surface area (Å²) in [5.74, 6) is -0.838. The zero-order valence-electron chi connectivity index (χ0n) is 10.1. The average Bonchev–Trinajstić information content (AvgIpc) is 2.89. The van der Waals surface area contributed by atoms with Gasteiger partial charge in [0.25, 0.3) is 5.91 Å². The summed E-state index contributed by atoms with van der Waals surface area (Å²) in [6, 6.07) is -0.547. The summed E-state index contributed by atoms with van der Waals surface area (Å²) < 4.78 is 0. The minimum Gasteiger partial charge on any atom is -0.388 e. The number of carbonyl (C=O) groups excluding carboxylic acids is 3. The predicted molar refractivity (Wildman–Crippen MR) is 61.5 cm³/mol. The van der Waals surface area contributed by atoms with Gasteiger partial charge in [-0.3, -0.25) is 14.5 Å². The normalized spacial score (nSPS) is 22.2. The predicted octanol–water partition coefficient (Wildman–Crippen LogP) is -1.04. The zero-order valence-corrected chi connectivity index (χ0v) is 10.1. The number of hydrogen-bond acceptors (Lipinski definition) is 4. The number of imide groups is 1. The van der Waals surface area contributed by atoms with Gasteiger partial charge in [0.15, 0.2) is 0 Å². The highest BCUT2D eigenvalue weighted by molar-refractivity contribution is 6.04. The molecule has 1 saturated heterocycles. The molecule has 1 aliphatic carbocycles. The monoisotopic (exact) mass is 255 g/mol. The van der Waals surface area contributed by atoms with E-state index in [0.29, 0.717) is 12.8 Å². The topological polar surface area (TPSA) is 98.7 Å². The minimum absolute atomic E-state index is 0.0595. The molecule has 0 atom stereocenters. The molecular weight excluding hydrogens is 238 g/mol. The summed E-state index contributed by atoms with van der Waals surface area (Å²) in [5, 5.41) is 14.9. The molecule has 0 aromatic rings. The zero-order chi connectivity index (χ0) is 13.2. The van der Waals surface area contributed by atoms with E-state index in [1.807, 2.05) is 0 Å². The third-order valence-corrected chi connectivity index (χ3v) is 3.39. The van der Waals surface area contributed by atoms with Crippen molar-refractivity contribution in [2.45, 2.75) is 31.3 Å². The molecule has 0 radical (unpaired) electrons. The van der Waals surface area contributed by atoms with Crippen molar-refractivity contribution in [1.29, 1.82) is 0 Å². The van der Waals surface area contributed by atoms with E-state index in [9.17, 15) is 19.5 Å². The van der Waals surface area contributed by atoms with Crippen molar-refractivity contribution in [1.82, 2.24) is 15.5 Å². The van der Waals surface area contributed by atoms with E-state index in [0.717, 1.165) is 17.7 Å². The van der Waals surface area contributed by atoms with Crippen LogP contribution in [0.1, 0.15) is 25.7 Å². The molecular formula is C11H17N3O4. The Balaban J connectivity index is 1.78. The number of urea groups is 1. The molecule has 0 spiro atoms. The molecule has 2 aliphatic rings. The lowest BCUT2D eigenvalue weighted by Crippen LogP contribution is -2.46. The van der Waals surface area contributed by atoms with Gasteiger partial charge >= 0.3 is 6.03 Å². The Morgan fingerprint density at radius 3 is 2.61 bits per heavy atom. The number of nitrogens with one attached hydrogen (secondary N) is 2. The smallest absolute Gasteiger partial charge is 0.325 e. The SMILES string of the molecule is O=C(CN1C(=O)CNC1=O)NCC1(O)CCCC1. The third-order valence-electron chi connectivity index (χ3n) is 3.39. The Hall–Kier alpha value is -1.63. The second-order valence-electron chi connectivity index (χ2n) is 4.85. The highest BCUT2D eigenvalue weighted by Crippen LogP contribution is 2.28. The van der Waals surface area contributed by atoms with Gasteiger partial charge in [-0.1, -0.05) is 12.8 Å². The first-order valence-electron chi connectivity index (χ1n) is 6.07. The lowest BCUT2D eigenvalue weighted by atomic mass is 10.0. The van der Waals surface area contributed by atoms with Gasteiger partial charge in [0, 0.05) is 6.54 Å². The van der Waals surface area contributed by atoms with Crippen molar-refractivity contribution in [3.63, 3.8) is 0 Å². The summed E-state index contributed by atoms with van der Waals surface area (Å²) in [6.07, 6.45) is 3.27. The van der Waals surface area contributed by atoms with E-state index < -0.39 is 23.4 Å². The maximum atomic E-state index is 11.6. The molecule has 1 saturated carbocycles. The van der Waals surface area contributed by atoms with Crippen LogP contribution in [0.5, 0.6) is 0 Å². The van der Waals surface area contributed by atoms with Crippen LogP contribution >= 0.6 is 0 Å².